The Morgan fingerprint density at radius 1 is 1.17 bits per heavy atom. The second kappa shape index (κ2) is 5.51. The van der Waals surface area contributed by atoms with Crippen molar-refractivity contribution in [2.75, 3.05) is 0 Å². The molecule has 0 radical (unpaired) electrons. The zero-order valence-electron chi connectivity index (χ0n) is 15.5. The molecular formula is C21H33NO2. The van der Waals surface area contributed by atoms with Crippen LogP contribution < -0.4 is 5.73 Å². The fraction of sp³-hybridized carbons (Fsp3) is 0.857. The Hall–Kier alpha value is -0.990. The summed E-state index contributed by atoms with van der Waals surface area (Å²) in [5, 5.41) is 0. The number of hydrogen-bond acceptors (Lipinski definition) is 2. The summed E-state index contributed by atoms with van der Waals surface area (Å²) in [5.74, 6) is 3.51. The van der Waals surface area contributed by atoms with Gasteiger partial charge in [-0.2, -0.15) is 0 Å². The predicted octanol–water partition coefficient (Wildman–Crippen LogP) is 5.05. The maximum absolute atomic E-state index is 11.1. The van der Waals surface area contributed by atoms with Crippen LogP contribution in [-0.4, -0.2) is 12.2 Å². The number of hydrogen-bond donors (Lipinski definition) is 1. The van der Waals surface area contributed by atoms with Crippen molar-refractivity contribution in [1.82, 2.24) is 0 Å². The molecule has 134 valence electrons. The molecule has 0 heterocycles. The predicted molar refractivity (Wildman–Crippen MR) is 95.3 cm³/mol. The van der Waals surface area contributed by atoms with Gasteiger partial charge >= 0.3 is 6.09 Å². The van der Waals surface area contributed by atoms with Crippen LogP contribution in [0.25, 0.3) is 0 Å². The van der Waals surface area contributed by atoms with Crippen molar-refractivity contribution in [3.8, 4) is 0 Å². The highest BCUT2D eigenvalue weighted by Crippen LogP contribution is 2.66. The molecule has 7 atom stereocenters. The van der Waals surface area contributed by atoms with Gasteiger partial charge in [-0.1, -0.05) is 32.4 Å². The van der Waals surface area contributed by atoms with Crippen LogP contribution in [0.15, 0.2) is 11.6 Å². The van der Waals surface area contributed by atoms with Crippen LogP contribution in [0.1, 0.15) is 72.1 Å². The first-order chi connectivity index (χ1) is 11.3. The molecule has 3 heteroatoms. The fourth-order valence-corrected chi connectivity index (χ4v) is 7.16. The summed E-state index contributed by atoms with van der Waals surface area (Å²) in [6.07, 6.45) is 11.8. The van der Waals surface area contributed by atoms with Crippen molar-refractivity contribution in [2.24, 2.45) is 40.2 Å². The zero-order valence-corrected chi connectivity index (χ0v) is 15.5. The van der Waals surface area contributed by atoms with E-state index in [1.165, 1.54) is 32.1 Å². The zero-order chi connectivity index (χ0) is 17.1. The van der Waals surface area contributed by atoms with Crippen LogP contribution in [0.4, 0.5) is 4.79 Å². The minimum atomic E-state index is -0.619. The maximum atomic E-state index is 11.1. The van der Waals surface area contributed by atoms with E-state index in [1.54, 1.807) is 5.57 Å². The Kier molecular flexibility index (Phi) is 3.78. The van der Waals surface area contributed by atoms with Gasteiger partial charge in [-0.05, 0) is 79.4 Å². The first kappa shape index (κ1) is 16.5. The first-order valence-electron chi connectivity index (χ1n) is 10.00. The summed E-state index contributed by atoms with van der Waals surface area (Å²) in [5.41, 5.74) is 7.69. The minimum Gasteiger partial charge on any atom is -0.446 e. The molecule has 0 aromatic rings. The monoisotopic (exact) mass is 331 g/mol. The van der Waals surface area contributed by atoms with Gasteiger partial charge in [0.2, 0.25) is 0 Å². The number of amides is 1. The van der Waals surface area contributed by atoms with Crippen molar-refractivity contribution in [3.63, 3.8) is 0 Å². The van der Waals surface area contributed by atoms with Gasteiger partial charge in [0, 0.05) is 6.42 Å². The van der Waals surface area contributed by atoms with E-state index in [1.807, 2.05) is 0 Å². The lowest BCUT2D eigenvalue weighted by atomic mass is 9.47. The molecular weight excluding hydrogens is 298 g/mol. The van der Waals surface area contributed by atoms with Gasteiger partial charge in [-0.25, -0.2) is 4.79 Å². The van der Waals surface area contributed by atoms with Gasteiger partial charge in [0.15, 0.2) is 0 Å². The molecule has 4 aliphatic carbocycles. The summed E-state index contributed by atoms with van der Waals surface area (Å²) in [6, 6.07) is 0. The lowest BCUT2D eigenvalue weighted by Gasteiger charge is -2.58. The third-order valence-electron chi connectivity index (χ3n) is 8.82. The third-order valence-corrected chi connectivity index (χ3v) is 8.82. The fourth-order valence-electron chi connectivity index (χ4n) is 7.16. The van der Waals surface area contributed by atoms with Crippen LogP contribution in [0.5, 0.6) is 0 Å². The molecule has 0 saturated heterocycles. The molecule has 0 aromatic heterocycles. The van der Waals surface area contributed by atoms with Crippen LogP contribution in [0, 0.1) is 34.5 Å². The van der Waals surface area contributed by atoms with E-state index in [0.717, 1.165) is 42.9 Å². The Bertz CT molecular complexity index is 570. The molecule has 0 aromatic carbocycles. The van der Waals surface area contributed by atoms with E-state index < -0.39 is 6.09 Å². The standard InChI is InChI=1S/C21H33NO2/c1-13-4-7-17-16-6-5-14-12-15(24-19(22)23)8-10-21(14,3)18(16)9-11-20(13,17)2/h5,13,15-18H,4,6-12H2,1-3H3,(H2,22,23)/t13-,15-,16?,17?,18?,20+,21-/m0/s1. The van der Waals surface area contributed by atoms with E-state index in [4.69, 9.17) is 10.5 Å². The smallest absolute Gasteiger partial charge is 0.404 e. The summed E-state index contributed by atoms with van der Waals surface area (Å²) >= 11 is 0. The van der Waals surface area contributed by atoms with Crippen molar-refractivity contribution >= 4 is 6.09 Å². The third kappa shape index (κ3) is 2.26. The number of nitrogens with two attached hydrogens (primary N) is 1. The first-order valence-corrected chi connectivity index (χ1v) is 10.00. The number of rotatable bonds is 1. The van der Waals surface area contributed by atoms with Gasteiger partial charge in [0.05, 0.1) is 0 Å². The SMILES string of the molecule is C[C@H]1CCC2C3CC=C4C[C@@H](OC(N)=O)CC[C@]4(C)C3CC[C@@]21C. The molecule has 3 unspecified atom stereocenters. The van der Waals surface area contributed by atoms with E-state index in [0.29, 0.717) is 10.8 Å². The van der Waals surface area contributed by atoms with Crippen LogP contribution in [-0.2, 0) is 4.74 Å². The Labute approximate surface area is 146 Å². The molecule has 0 spiro atoms. The van der Waals surface area contributed by atoms with E-state index in [2.05, 4.69) is 26.8 Å². The molecule has 1 amide bonds. The Balaban J connectivity index is 1.59. The van der Waals surface area contributed by atoms with Gasteiger partial charge < -0.3 is 10.5 Å². The van der Waals surface area contributed by atoms with E-state index >= 15 is 0 Å². The molecule has 4 rings (SSSR count). The molecule has 24 heavy (non-hydrogen) atoms. The van der Waals surface area contributed by atoms with Crippen LogP contribution in [0.2, 0.25) is 0 Å². The molecule has 0 bridgehead atoms. The molecule has 2 N–H and O–H groups in total. The number of ether oxygens (including phenoxy) is 1. The topological polar surface area (TPSA) is 52.3 Å². The number of fused-ring (bicyclic) bond motifs is 5. The number of primary amides is 1. The summed E-state index contributed by atoms with van der Waals surface area (Å²) in [4.78, 5) is 11.1. The molecule has 0 aliphatic heterocycles. The van der Waals surface area contributed by atoms with Gasteiger partial charge in [-0.15, -0.1) is 0 Å². The van der Waals surface area contributed by atoms with Gasteiger partial charge in [0.1, 0.15) is 6.10 Å². The largest absolute Gasteiger partial charge is 0.446 e. The van der Waals surface area contributed by atoms with Crippen molar-refractivity contribution in [3.05, 3.63) is 11.6 Å². The second-order valence-corrected chi connectivity index (χ2v) is 9.58. The van der Waals surface area contributed by atoms with E-state index in [9.17, 15) is 4.79 Å². The lowest BCUT2D eigenvalue weighted by molar-refractivity contribution is -0.0482. The normalized spacial score (nSPS) is 50.3. The number of carbonyl (C=O) groups excluding carboxylic acids is 1. The van der Waals surface area contributed by atoms with Crippen molar-refractivity contribution in [1.29, 1.82) is 0 Å². The van der Waals surface area contributed by atoms with E-state index in [-0.39, 0.29) is 6.10 Å². The summed E-state index contributed by atoms with van der Waals surface area (Å²) in [7, 11) is 0. The highest BCUT2D eigenvalue weighted by molar-refractivity contribution is 5.64. The van der Waals surface area contributed by atoms with Crippen LogP contribution in [0.3, 0.4) is 0 Å². The summed E-state index contributed by atoms with van der Waals surface area (Å²) in [6.45, 7) is 7.56. The lowest BCUT2D eigenvalue weighted by Crippen LogP contribution is -2.50. The maximum Gasteiger partial charge on any atom is 0.404 e. The number of carbonyl (C=O) groups is 1. The van der Waals surface area contributed by atoms with Crippen molar-refractivity contribution in [2.45, 2.75) is 78.2 Å². The molecule has 3 fully saturated rings. The van der Waals surface area contributed by atoms with Crippen LogP contribution >= 0.6 is 0 Å². The van der Waals surface area contributed by atoms with Crippen molar-refractivity contribution < 1.29 is 9.53 Å². The average Bonchev–Trinajstić information content (AvgIpc) is 2.83. The average molecular weight is 332 g/mol. The Morgan fingerprint density at radius 2 is 1.96 bits per heavy atom. The second-order valence-electron chi connectivity index (χ2n) is 9.58. The highest BCUT2D eigenvalue weighted by atomic mass is 16.6. The molecule has 3 saturated carbocycles. The quantitative estimate of drug-likeness (QED) is 0.684. The van der Waals surface area contributed by atoms with Gasteiger partial charge in [0.25, 0.3) is 0 Å². The summed E-state index contributed by atoms with van der Waals surface area (Å²) < 4.78 is 5.32. The number of allylic oxidation sites excluding steroid dienone is 1. The highest BCUT2D eigenvalue weighted by Gasteiger charge is 2.57. The molecule has 3 nitrogen and oxygen atoms in total. The van der Waals surface area contributed by atoms with Gasteiger partial charge in [-0.3, -0.25) is 0 Å². The minimum absolute atomic E-state index is 0.00117. The molecule has 4 aliphatic rings. The Morgan fingerprint density at radius 3 is 2.71 bits per heavy atom.